The molecule has 2 heterocycles. The van der Waals surface area contributed by atoms with E-state index in [-0.39, 0.29) is 11.9 Å². The SMILES string of the molecule is C[C@H](NCC(=O)N1CCOCC1)c1cccc(N2CCCC2)c1. The summed E-state index contributed by atoms with van der Waals surface area (Å²) in [5, 5.41) is 3.36. The number of rotatable bonds is 5. The van der Waals surface area contributed by atoms with Crippen molar-refractivity contribution >= 4 is 11.6 Å². The van der Waals surface area contributed by atoms with E-state index in [4.69, 9.17) is 4.74 Å². The van der Waals surface area contributed by atoms with Crippen molar-refractivity contribution in [2.24, 2.45) is 0 Å². The number of ether oxygens (including phenoxy) is 1. The van der Waals surface area contributed by atoms with Crippen LogP contribution in [0.1, 0.15) is 31.4 Å². The maximum absolute atomic E-state index is 12.2. The fourth-order valence-electron chi connectivity index (χ4n) is 3.25. The molecule has 2 aliphatic heterocycles. The Balaban J connectivity index is 1.54. The number of hydrogen-bond donors (Lipinski definition) is 1. The first-order chi connectivity index (χ1) is 11.2. The highest BCUT2D eigenvalue weighted by Crippen LogP contribution is 2.23. The molecule has 23 heavy (non-hydrogen) atoms. The molecule has 126 valence electrons. The van der Waals surface area contributed by atoms with Crippen LogP contribution in [-0.2, 0) is 9.53 Å². The van der Waals surface area contributed by atoms with E-state index in [1.165, 1.54) is 24.1 Å². The molecule has 0 bridgehead atoms. The number of carbonyl (C=O) groups is 1. The number of benzene rings is 1. The maximum atomic E-state index is 12.2. The van der Waals surface area contributed by atoms with Gasteiger partial charge in [-0.05, 0) is 37.5 Å². The molecular weight excluding hydrogens is 290 g/mol. The van der Waals surface area contributed by atoms with Gasteiger partial charge in [-0.2, -0.15) is 0 Å². The minimum absolute atomic E-state index is 0.163. The lowest BCUT2D eigenvalue weighted by Gasteiger charge is -2.27. The molecule has 1 N–H and O–H groups in total. The highest BCUT2D eigenvalue weighted by atomic mass is 16.5. The van der Waals surface area contributed by atoms with E-state index in [9.17, 15) is 4.79 Å². The third-order valence-corrected chi connectivity index (χ3v) is 4.76. The first kappa shape index (κ1) is 16.3. The lowest BCUT2D eigenvalue weighted by molar-refractivity contribution is -0.134. The second-order valence-corrected chi connectivity index (χ2v) is 6.38. The summed E-state index contributed by atoms with van der Waals surface area (Å²) >= 11 is 0. The molecular formula is C18H27N3O2. The van der Waals surface area contributed by atoms with Gasteiger partial charge in [-0.3, -0.25) is 4.79 Å². The van der Waals surface area contributed by atoms with E-state index >= 15 is 0 Å². The second-order valence-electron chi connectivity index (χ2n) is 6.38. The first-order valence-corrected chi connectivity index (χ1v) is 8.68. The Morgan fingerprint density at radius 2 is 1.96 bits per heavy atom. The third kappa shape index (κ3) is 4.24. The van der Waals surface area contributed by atoms with Crippen molar-refractivity contribution in [3.05, 3.63) is 29.8 Å². The molecule has 1 aromatic rings. The van der Waals surface area contributed by atoms with Crippen LogP contribution < -0.4 is 10.2 Å². The van der Waals surface area contributed by atoms with E-state index in [2.05, 4.69) is 41.4 Å². The standard InChI is InChI=1S/C18H27N3O2/c1-15(19-14-18(22)21-9-11-23-12-10-21)16-5-4-6-17(13-16)20-7-2-3-8-20/h4-6,13,15,19H,2-3,7-12,14H2,1H3/t15-/m0/s1. The molecule has 0 unspecified atom stereocenters. The maximum Gasteiger partial charge on any atom is 0.236 e. The Labute approximate surface area is 138 Å². The Morgan fingerprint density at radius 3 is 2.70 bits per heavy atom. The number of carbonyl (C=O) groups excluding carboxylic acids is 1. The predicted octanol–water partition coefficient (Wildman–Crippen LogP) is 1.80. The van der Waals surface area contributed by atoms with Crippen molar-refractivity contribution in [1.29, 1.82) is 0 Å². The normalized spacial score (nSPS) is 19.9. The van der Waals surface area contributed by atoms with Crippen LogP contribution in [0.3, 0.4) is 0 Å². The van der Waals surface area contributed by atoms with Crippen molar-refractivity contribution in [3.8, 4) is 0 Å². The number of hydrogen-bond acceptors (Lipinski definition) is 4. The molecule has 0 radical (unpaired) electrons. The van der Waals surface area contributed by atoms with Gasteiger partial charge in [-0.1, -0.05) is 12.1 Å². The highest BCUT2D eigenvalue weighted by Gasteiger charge is 2.18. The summed E-state index contributed by atoms with van der Waals surface area (Å²) in [5.74, 6) is 0.163. The minimum Gasteiger partial charge on any atom is -0.378 e. The highest BCUT2D eigenvalue weighted by molar-refractivity contribution is 5.78. The van der Waals surface area contributed by atoms with Crippen LogP contribution in [0.4, 0.5) is 5.69 Å². The predicted molar refractivity (Wildman–Crippen MR) is 91.7 cm³/mol. The zero-order valence-electron chi connectivity index (χ0n) is 14.0. The molecule has 2 aliphatic rings. The topological polar surface area (TPSA) is 44.8 Å². The van der Waals surface area contributed by atoms with Gasteiger partial charge in [0, 0.05) is 37.9 Å². The summed E-state index contributed by atoms with van der Waals surface area (Å²) < 4.78 is 5.29. The van der Waals surface area contributed by atoms with Gasteiger partial charge in [-0.15, -0.1) is 0 Å². The van der Waals surface area contributed by atoms with Crippen LogP contribution in [0.5, 0.6) is 0 Å². The van der Waals surface area contributed by atoms with Gasteiger partial charge in [0.05, 0.1) is 19.8 Å². The van der Waals surface area contributed by atoms with Crippen molar-refractivity contribution < 1.29 is 9.53 Å². The summed E-state index contributed by atoms with van der Waals surface area (Å²) in [6.07, 6.45) is 2.57. The fourth-order valence-corrected chi connectivity index (χ4v) is 3.25. The number of nitrogens with one attached hydrogen (secondary N) is 1. The molecule has 0 spiro atoms. The van der Waals surface area contributed by atoms with E-state index in [1.54, 1.807) is 0 Å². The summed E-state index contributed by atoms with van der Waals surface area (Å²) in [5.41, 5.74) is 2.54. The molecule has 0 aromatic heterocycles. The Morgan fingerprint density at radius 1 is 1.22 bits per heavy atom. The van der Waals surface area contributed by atoms with E-state index in [1.807, 2.05) is 4.90 Å². The molecule has 5 heteroatoms. The first-order valence-electron chi connectivity index (χ1n) is 8.68. The third-order valence-electron chi connectivity index (χ3n) is 4.76. The monoisotopic (exact) mass is 317 g/mol. The molecule has 0 aliphatic carbocycles. The van der Waals surface area contributed by atoms with Gasteiger partial charge in [-0.25, -0.2) is 0 Å². The second kappa shape index (κ2) is 7.79. The largest absolute Gasteiger partial charge is 0.378 e. The molecule has 1 atom stereocenters. The zero-order chi connectivity index (χ0) is 16.1. The van der Waals surface area contributed by atoms with Gasteiger partial charge in [0.25, 0.3) is 0 Å². The summed E-state index contributed by atoms with van der Waals surface area (Å²) in [4.78, 5) is 16.5. The lowest BCUT2D eigenvalue weighted by atomic mass is 10.1. The molecule has 5 nitrogen and oxygen atoms in total. The fraction of sp³-hybridized carbons (Fsp3) is 0.611. The van der Waals surface area contributed by atoms with Gasteiger partial charge in [0.2, 0.25) is 5.91 Å². The average Bonchev–Trinajstić information content (AvgIpc) is 3.15. The van der Waals surface area contributed by atoms with Crippen molar-refractivity contribution in [3.63, 3.8) is 0 Å². The summed E-state index contributed by atoms with van der Waals surface area (Å²) in [6.45, 7) is 7.53. The van der Waals surface area contributed by atoms with Crippen molar-refractivity contribution in [1.82, 2.24) is 10.2 Å². The van der Waals surface area contributed by atoms with Crippen LogP contribution in [0.2, 0.25) is 0 Å². The van der Waals surface area contributed by atoms with Gasteiger partial charge < -0.3 is 19.9 Å². The summed E-state index contributed by atoms with van der Waals surface area (Å²) in [7, 11) is 0. The Bertz CT molecular complexity index is 523. The number of amides is 1. The van der Waals surface area contributed by atoms with Crippen LogP contribution in [-0.4, -0.2) is 56.7 Å². The quantitative estimate of drug-likeness (QED) is 0.899. The van der Waals surface area contributed by atoms with Crippen molar-refractivity contribution in [2.75, 3.05) is 50.8 Å². The molecule has 2 saturated heterocycles. The van der Waals surface area contributed by atoms with E-state index < -0.39 is 0 Å². The van der Waals surface area contributed by atoms with Crippen LogP contribution >= 0.6 is 0 Å². The zero-order valence-corrected chi connectivity index (χ0v) is 14.0. The van der Waals surface area contributed by atoms with Crippen LogP contribution in [0, 0.1) is 0 Å². The molecule has 3 rings (SSSR count). The van der Waals surface area contributed by atoms with Gasteiger partial charge >= 0.3 is 0 Å². The van der Waals surface area contributed by atoms with Gasteiger partial charge in [0.15, 0.2) is 0 Å². The Kier molecular flexibility index (Phi) is 5.51. The number of nitrogens with zero attached hydrogens (tertiary/aromatic N) is 2. The number of anilines is 1. The smallest absolute Gasteiger partial charge is 0.236 e. The van der Waals surface area contributed by atoms with Crippen LogP contribution in [0.25, 0.3) is 0 Å². The van der Waals surface area contributed by atoms with E-state index in [0.717, 1.165) is 13.1 Å². The molecule has 0 saturated carbocycles. The molecule has 1 amide bonds. The lowest BCUT2D eigenvalue weighted by Crippen LogP contribution is -2.45. The Hall–Kier alpha value is -1.59. The molecule has 2 fully saturated rings. The van der Waals surface area contributed by atoms with Gasteiger partial charge in [0.1, 0.15) is 0 Å². The molecule has 1 aromatic carbocycles. The number of morpholine rings is 1. The van der Waals surface area contributed by atoms with Crippen LogP contribution in [0.15, 0.2) is 24.3 Å². The minimum atomic E-state index is 0.163. The summed E-state index contributed by atoms with van der Waals surface area (Å²) in [6, 6.07) is 8.85. The average molecular weight is 317 g/mol. The van der Waals surface area contributed by atoms with E-state index in [0.29, 0.717) is 32.8 Å². The van der Waals surface area contributed by atoms with Crippen molar-refractivity contribution in [2.45, 2.75) is 25.8 Å².